The van der Waals surface area contributed by atoms with Crippen molar-refractivity contribution in [2.45, 2.75) is 25.2 Å². The number of nitrogen functional groups attached to an aromatic ring is 1. The molecular weight excluding hydrogens is 188 g/mol. The number of nitrogens with zero attached hydrogens (tertiary/aromatic N) is 1. The monoisotopic (exact) mass is 198 g/mol. The number of aromatic nitrogens is 1. The van der Waals surface area contributed by atoms with Crippen LogP contribution in [0.1, 0.15) is 30.9 Å². The molecule has 0 aromatic carbocycles. The maximum Gasteiger partial charge on any atom is 0.186 e. The van der Waals surface area contributed by atoms with Crippen LogP contribution in [0.5, 0.6) is 0 Å². The smallest absolute Gasteiger partial charge is 0.186 e. The Balaban J connectivity index is 1.91. The van der Waals surface area contributed by atoms with E-state index >= 15 is 0 Å². The predicted octanol–water partition coefficient (Wildman–Crippen LogP) is 2.42. The third kappa shape index (κ3) is 0.937. The normalized spacial score (nSPS) is 36.2. The second kappa shape index (κ2) is 2.41. The number of nitrogens with two attached hydrogens (primary N) is 1. The molecule has 13 heavy (non-hydrogen) atoms. The van der Waals surface area contributed by atoms with Gasteiger partial charge in [0.1, 0.15) is 5.02 Å². The van der Waals surface area contributed by atoms with Crippen molar-refractivity contribution >= 4 is 17.4 Å². The molecule has 2 aliphatic carbocycles. The molecule has 2 atom stereocenters. The van der Waals surface area contributed by atoms with Crippen molar-refractivity contribution in [3.8, 4) is 0 Å². The lowest BCUT2D eigenvalue weighted by molar-refractivity contribution is 0.376. The van der Waals surface area contributed by atoms with Crippen LogP contribution in [0, 0.1) is 11.8 Å². The second-order valence-electron chi connectivity index (χ2n) is 4.03. The number of fused-ring (bicyclic) bond motifs is 1. The summed E-state index contributed by atoms with van der Waals surface area (Å²) in [5, 5.41) is 4.22. The first-order valence-electron chi connectivity index (χ1n) is 4.69. The van der Waals surface area contributed by atoms with Gasteiger partial charge in [0.2, 0.25) is 0 Å². The van der Waals surface area contributed by atoms with Gasteiger partial charge >= 0.3 is 0 Å². The standard InChI is InChI=1S/C9H11ClN2O/c10-7-8(13-12-9(7)11)6-4-2-1-3-5(4)6/h4-6H,1-3H2,(H2,11,12). The van der Waals surface area contributed by atoms with Crippen molar-refractivity contribution in [1.82, 2.24) is 5.16 Å². The Morgan fingerprint density at radius 3 is 2.62 bits per heavy atom. The summed E-state index contributed by atoms with van der Waals surface area (Å²) in [5.74, 6) is 3.27. The highest BCUT2D eigenvalue weighted by Crippen LogP contribution is 2.64. The Morgan fingerprint density at radius 1 is 1.38 bits per heavy atom. The van der Waals surface area contributed by atoms with Gasteiger partial charge in [-0.2, -0.15) is 0 Å². The van der Waals surface area contributed by atoms with Crippen LogP contribution in [0.4, 0.5) is 5.82 Å². The third-order valence-corrected chi connectivity index (χ3v) is 3.77. The van der Waals surface area contributed by atoms with Gasteiger partial charge in [-0.05, 0) is 24.7 Å². The topological polar surface area (TPSA) is 52.0 Å². The molecule has 1 heterocycles. The summed E-state index contributed by atoms with van der Waals surface area (Å²) in [6, 6.07) is 0. The lowest BCUT2D eigenvalue weighted by Crippen LogP contribution is -1.87. The van der Waals surface area contributed by atoms with E-state index in [0.717, 1.165) is 17.6 Å². The molecule has 0 aliphatic heterocycles. The second-order valence-corrected chi connectivity index (χ2v) is 4.41. The molecule has 0 saturated heterocycles. The molecule has 1 aromatic heterocycles. The van der Waals surface area contributed by atoms with Crippen molar-refractivity contribution in [2.24, 2.45) is 11.8 Å². The molecule has 2 saturated carbocycles. The van der Waals surface area contributed by atoms with E-state index in [4.69, 9.17) is 21.9 Å². The van der Waals surface area contributed by atoms with E-state index in [9.17, 15) is 0 Å². The largest absolute Gasteiger partial charge is 0.380 e. The molecule has 3 rings (SSSR count). The van der Waals surface area contributed by atoms with Crippen molar-refractivity contribution < 1.29 is 4.52 Å². The van der Waals surface area contributed by atoms with Crippen LogP contribution in [0.3, 0.4) is 0 Å². The molecule has 0 bridgehead atoms. The van der Waals surface area contributed by atoms with Crippen LogP contribution in [-0.2, 0) is 0 Å². The minimum Gasteiger partial charge on any atom is -0.380 e. The number of rotatable bonds is 1. The van der Waals surface area contributed by atoms with Crippen LogP contribution in [0.2, 0.25) is 5.02 Å². The van der Waals surface area contributed by atoms with Gasteiger partial charge in [0, 0.05) is 5.92 Å². The Kier molecular flexibility index (Phi) is 1.42. The van der Waals surface area contributed by atoms with Gasteiger partial charge in [-0.15, -0.1) is 0 Å². The van der Waals surface area contributed by atoms with Crippen LogP contribution >= 0.6 is 11.6 Å². The van der Waals surface area contributed by atoms with Gasteiger partial charge < -0.3 is 10.3 Å². The summed E-state index contributed by atoms with van der Waals surface area (Å²) in [4.78, 5) is 0. The highest BCUT2D eigenvalue weighted by atomic mass is 35.5. The summed E-state index contributed by atoms with van der Waals surface area (Å²) in [6.07, 6.45) is 3.98. The van der Waals surface area contributed by atoms with E-state index in [2.05, 4.69) is 5.16 Å². The van der Waals surface area contributed by atoms with E-state index in [0.29, 0.717) is 16.8 Å². The number of halogens is 1. The number of hydrogen-bond donors (Lipinski definition) is 1. The Hall–Kier alpha value is -0.700. The SMILES string of the molecule is Nc1noc(C2C3CCCC32)c1Cl. The third-order valence-electron chi connectivity index (χ3n) is 3.39. The molecule has 0 spiro atoms. The first kappa shape index (κ1) is 7.68. The van der Waals surface area contributed by atoms with Gasteiger partial charge in [0.25, 0.3) is 0 Å². The van der Waals surface area contributed by atoms with Crippen LogP contribution in [0.15, 0.2) is 4.52 Å². The molecule has 2 fully saturated rings. The fraction of sp³-hybridized carbons (Fsp3) is 0.667. The van der Waals surface area contributed by atoms with E-state index in [-0.39, 0.29) is 0 Å². The molecule has 3 nitrogen and oxygen atoms in total. The number of anilines is 1. The Bertz CT molecular complexity index is 339. The molecule has 2 N–H and O–H groups in total. The fourth-order valence-corrected chi connectivity index (χ4v) is 2.92. The van der Waals surface area contributed by atoms with Gasteiger partial charge in [0.15, 0.2) is 11.6 Å². The van der Waals surface area contributed by atoms with E-state index in [1.165, 1.54) is 19.3 Å². The summed E-state index contributed by atoms with van der Waals surface area (Å²) in [5.41, 5.74) is 5.52. The van der Waals surface area contributed by atoms with E-state index < -0.39 is 0 Å². The Morgan fingerprint density at radius 2 is 2.08 bits per heavy atom. The molecular formula is C9H11ClN2O. The predicted molar refractivity (Wildman–Crippen MR) is 49.5 cm³/mol. The summed E-state index contributed by atoms with van der Waals surface area (Å²) >= 11 is 5.97. The van der Waals surface area contributed by atoms with Crippen LogP contribution in [-0.4, -0.2) is 5.16 Å². The summed E-state index contributed by atoms with van der Waals surface area (Å²) < 4.78 is 5.15. The molecule has 70 valence electrons. The quantitative estimate of drug-likeness (QED) is 0.754. The minimum atomic E-state index is 0.335. The minimum absolute atomic E-state index is 0.335. The fourth-order valence-electron chi connectivity index (χ4n) is 2.72. The first-order chi connectivity index (χ1) is 6.29. The average Bonchev–Trinajstić information content (AvgIpc) is 2.49. The zero-order chi connectivity index (χ0) is 9.00. The molecule has 1 aromatic rings. The first-order valence-corrected chi connectivity index (χ1v) is 5.07. The molecule has 0 amide bonds. The maximum atomic E-state index is 5.97. The van der Waals surface area contributed by atoms with E-state index in [1.54, 1.807) is 0 Å². The van der Waals surface area contributed by atoms with E-state index in [1.807, 2.05) is 0 Å². The van der Waals surface area contributed by atoms with Gasteiger partial charge in [0.05, 0.1) is 0 Å². The van der Waals surface area contributed by atoms with Crippen molar-refractivity contribution in [1.29, 1.82) is 0 Å². The number of hydrogen-bond acceptors (Lipinski definition) is 3. The van der Waals surface area contributed by atoms with Crippen molar-refractivity contribution in [3.05, 3.63) is 10.8 Å². The average molecular weight is 199 g/mol. The van der Waals surface area contributed by atoms with Gasteiger partial charge in [-0.1, -0.05) is 23.2 Å². The summed E-state index contributed by atoms with van der Waals surface area (Å²) in [6.45, 7) is 0. The highest BCUT2D eigenvalue weighted by Gasteiger charge is 2.56. The van der Waals surface area contributed by atoms with Gasteiger partial charge in [-0.3, -0.25) is 0 Å². The highest BCUT2D eigenvalue weighted by molar-refractivity contribution is 6.33. The van der Waals surface area contributed by atoms with Crippen molar-refractivity contribution in [3.63, 3.8) is 0 Å². The zero-order valence-electron chi connectivity index (χ0n) is 7.16. The molecule has 2 aliphatic rings. The summed E-state index contributed by atoms with van der Waals surface area (Å²) in [7, 11) is 0. The zero-order valence-corrected chi connectivity index (χ0v) is 7.92. The molecule has 2 unspecified atom stereocenters. The van der Waals surface area contributed by atoms with Crippen LogP contribution < -0.4 is 5.73 Å². The molecule has 4 heteroatoms. The van der Waals surface area contributed by atoms with Crippen LogP contribution in [0.25, 0.3) is 0 Å². The molecule has 0 radical (unpaired) electrons. The lowest BCUT2D eigenvalue weighted by atomic mass is 10.1. The maximum absolute atomic E-state index is 5.97. The van der Waals surface area contributed by atoms with Gasteiger partial charge in [-0.25, -0.2) is 0 Å². The van der Waals surface area contributed by atoms with Crippen molar-refractivity contribution in [2.75, 3.05) is 5.73 Å². The Labute approximate surface area is 81.2 Å². The lowest BCUT2D eigenvalue weighted by Gasteiger charge is -1.97.